The summed E-state index contributed by atoms with van der Waals surface area (Å²) in [6, 6.07) is 6.94. The van der Waals surface area contributed by atoms with Gasteiger partial charge >= 0.3 is 0 Å². The van der Waals surface area contributed by atoms with Crippen LogP contribution in [0.1, 0.15) is 23.3 Å². The number of anilines is 2. The van der Waals surface area contributed by atoms with E-state index in [9.17, 15) is 9.59 Å². The normalized spacial score (nSPS) is 16.7. The summed E-state index contributed by atoms with van der Waals surface area (Å²) in [5.74, 6) is -0.122. The number of amides is 2. The molecule has 1 aliphatic heterocycles. The van der Waals surface area contributed by atoms with E-state index in [1.165, 1.54) is 6.20 Å². The van der Waals surface area contributed by atoms with Crippen LogP contribution in [0.3, 0.4) is 0 Å². The molecule has 0 bridgehead atoms. The van der Waals surface area contributed by atoms with E-state index in [0.29, 0.717) is 29.6 Å². The molecule has 1 N–H and O–H groups in total. The number of likely N-dealkylation sites (tertiary alicyclic amines) is 1. The molecular formula is C19H22ClN5O2. The summed E-state index contributed by atoms with van der Waals surface area (Å²) < 4.78 is 0. The molecule has 0 radical (unpaired) electrons. The van der Waals surface area contributed by atoms with Gasteiger partial charge in [0, 0.05) is 45.3 Å². The van der Waals surface area contributed by atoms with Crippen molar-refractivity contribution in [2.75, 3.05) is 37.4 Å². The smallest absolute Gasteiger partial charge is 0.272 e. The minimum Gasteiger partial charge on any atom is -0.378 e. The molecule has 1 aliphatic rings. The summed E-state index contributed by atoms with van der Waals surface area (Å²) in [4.78, 5) is 37.3. The number of rotatable bonds is 4. The first kappa shape index (κ1) is 19.1. The molecule has 142 valence electrons. The van der Waals surface area contributed by atoms with E-state index in [4.69, 9.17) is 11.6 Å². The van der Waals surface area contributed by atoms with Crippen molar-refractivity contribution < 1.29 is 9.59 Å². The number of carbonyl (C=O) groups excluding carboxylic acids is 2. The molecule has 1 atom stereocenters. The van der Waals surface area contributed by atoms with Gasteiger partial charge in [-0.1, -0.05) is 11.6 Å². The Morgan fingerprint density at radius 2 is 2.07 bits per heavy atom. The van der Waals surface area contributed by atoms with E-state index >= 15 is 0 Å². The van der Waals surface area contributed by atoms with E-state index in [1.807, 2.05) is 25.1 Å². The molecule has 1 saturated heterocycles. The maximum Gasteiger partial charge on any atom is 0.272 e. The number of pyridine rings is 2. The topological polar surface area (TPSA) is 78.4 Å². The predicted molar refractivity (Wildman–Crippen MR) is 105 cm³/mol. The van der Waals surface area contributed by atoms with Gasteiger partial charge in [-0.2, -0.15) is 0 Å². The highest BCUT2D eigenvalue weighted by molar-refractivity contribution is 6.30. The molecule has 2 amide bonds. The lowest BCUT2D eigenvalue weighted by Gasteiger charge is -2.32. The lowest BCUT2D eigenvalue weighted by molar-refractivity contribution is -0.121. The molecule has 0 aromatic carbocycles. The Morgan fingerprint density at radius 1 is 1.26 bits per heavy atom. The van der Waals surface area contributed by atoms with Crippen LogP contribution >= 0.6 is 11.6 Å². The van der Waals surface area contributed by atoms with Gasteiger partial charge in [0.25, 0.3) is 5.91 Å². The summed E-state index contributed by atoms with van der Waals surface area (Å²) in [7, 11) is 3.82. The zero-order valence-electron chi connectivity index (χ0n) is 15.4. The van der Waals surface area contributed by atoms with Crippen molar-refractivity contribution in [2.45, 2.75) is 12.8 Å². The molecule has 1 fully saturated rings. The molecule has 2 aromatic rings. The summed E-state index contributed by atoms with van der Waals surface area (Å²) in [6.45, 7) is 0.988. The fourth-order valence-corrected chi connectivity index (χ4v) is 3.14. The fourth-order valence-electron chi connectivity index (χ4n) is 3.03. The fraction of sp³-hybridized carbons (Fsp3) is 0.368. The SMILES string of the molecule is CN(C)c1ccnc(C(=O)N2CCC[C@@H](C(=O)Nc3ccc(Cl)cn3)C2)c1. The van der Waals surface area contributed by atoms with Crippen molar-refractivity contribution in [1.29, 1.82) is 0 Å². The molecule has 0 aliphatic carbocycles. The molecular weight excluding hydrogens is 366 g/mol. The summed E-state index contributed by atoms with van der Waals surface area (Å²) in [6.07, 6.45) is 4.61. The van der Waals surface area contributed by atoms with Gasteiger partial charge in [-0.3, -0.25) is 14.6 Å². The lowest BCUT2D eigenvalue weighted by Crippen LogP contribution is -2.44. The average Bonchev–Trinajstić information content (AvgIpc) is 2.69. The number of piperidine rings is 1. The number of halogens is 1. The molecule has 7 nitrogen and oxygen atoms in total. The third kappa shape index (κ3) is 4.74. The average molecular weight is 388 g/mol. The van der Waals surface area contributed by atoms with E-state index < -0.39 is 0 Å². The van der Waals surface area contributed by atoms with Gasteiger partial charge in [0.15, 0.2) is 0 Å². The monoisotopic (exact) mass is 387 g/mol. The van der Waals surface area contributed by atoms with Crippen LogP contribution in [-0.2, 0) is 4.79 Å². The van der Waals surface area contributed by atoms with Crippen molar-refractivity contribution in [3.8, 4) is 0 Å². The Balaban J connectivity index is 1.66. The van der Waals surface area contributed by atoms with Crippen LogP contribution in [0.5, 0.6) is 0 Å². The van der Waals surface area contributed by atoms with E-state index in [-0.39, 0.29) is 17.7 Å². The second-order valence-corrected chi connectivity index (χ2v) is 7.17. The van der Waals surface area contributed by atoms with Crippen LogP contribution in [0.15, 0.2) is 36.7 Å². The maximum absolute atomic E-state index is 12.8. The zero-order valence-corrected chi connectivity index (χ0v) is 16.1. The van der Waals surface area contributed by atoms with Gasteiger partial charge in [-0.05, 0) is 37.1 Å². The van der Waals surface area contributed by atoms with Crippen LogP contribution in [0.2, 0.25) is 5.02 Å². The van der Waals surface area contributed by atoms with E-state index in [0.717, 1.165) is 18.5 Å². The minimum absolute atomic E-state index is 0.141. The Bertz CT molecular complexity index is 825. The molecule has 3 heterocycles. The highest BCUT2D eigenvalue weighted by Gasteiger charge is 2.29. The first-order valence-electron chi connectivity index (χ1n) is 8.79. The standard InChI is InChI=1S/C19H22ClN5O2/c1-24(2)15-7-8-21-16(10-15)19(27)25-9-3-4-13(12-25)18(26)23-17-6-5-14(20)11-22-17/h5-8,10-11,13H,3-4,9,12H2,1-2H3,(H,22,23,26)/t13-/m1/s1. The number of aromatic nitrogens is 2. The Morgan fingerprint density at radius 3 is 2.78 bits per heavy atom. The molecule has 0 spiro atoms. The third-order valence-corrected chi connectivity index (χ3v) is 4.76. The Labute approximate surface area is 163 Å². The molecule has 2 aromatic heterocycles. The Kier molecular flexibility index (Phi) is 5.91. The van der Waals surface area contributed by atoms with Crippen LogP contribution < -0.4 is 10.2 Å². The number of carbonyl (C=O) groups is 2. The van der Waals surface area contributed by atoms with E-state index in [1.54, 1.807) is 29.3 Å². The Hall–Kier alpha value is -2.67. The zero-order chi connectivity index (χ0) is 19.4. The molecule has 3 rings (SSSR count). The van der Waals surface area contributed by atoms with Crippen LogP contribution in [-0.4, -0.2) is 53.9 Å². The molecule has 0 saturated carbocycles. The van der Waals surface area contributed by atoms with Gasteiger partial charge in [0.05, 0.1) is 10.9 Å². The van der Waals surface area contributed by atoms with Crippen LogP contribution in [0, 0.1) is 5.92 Å². The summed E-state index contributed by atoms with van der Waals surface area (Å²) in [5.41, 5.74) is 1.30. The highest BCUT2D eigenvalue weighted by atomic mass is 35.5. The minimum atomic E-state index is -0.280. The molecule has 0 unspecified atom stereocenters. The second kappa shape index (κ2) is 8.35. The summed E-state index contributed by atoms with van der Waals surface area (Å²) in [5, 5.41) is 3.30. The van der Waals surface area contributed by atoms with Gasteiger partial charge in [0.1, 0.15) is 11.5 Å². The van der Waals surface area contributed by atoms with E-state index in [2.05, 4.69) is 15.3 Å². The third-order valence-electron chi connectivity index (χ3n) is 4.54. The molecule has 27 heavy (non-hydrogen) atoms. The first-order valence-corrected chi connectivity index (χ1v) is 9.17. The maximum atomic E-state index is 12.8. The van der Waals surface area contributed by atoms with Gasteiger partial charge in [-0.15, -0.1) is 0 Å². The summed E-state index contributed by atoms with van der Waals surface area (Å²) >= 11 is 5.81. The first-order chi connectivity index (χ1) is 12.9. The largest absolute Gasteiger partial charge is 0.378 e. The van der Waals surface area contributed by atoms with Crippen molar-refractivity contribution in [1.82, 2.24) is 14.9 Å². The van der Waals surface area contributed by atoms with Gasteiger partial charge in [0.2, 0.25) is 5.91 Å². The van der Waals surface area contributed by atoms with Crippen molar-refractivity contribution in [3.05, 3.63) is 47.4 Å². The molecule has 8 heteroatoms. The number of nitrogens with one attached hydrogen (secondary N) is 1. The van der Waals surface area contributed by atoms with Gasteiger partial charge in [-0.25, -0.2) is 4.98 Å². The van der Waals surface area contributed by atoms with Crippen LogP contribution in [0.25, 0.3) is 0 Å². The highest BCUT2D eigenvalue weighted by Crippen LogP contribution is 2.21. The van der Waals surface area contributed by atoms with Crippen LogP contribution in [0.4, 0.5) is 11.5 Å². The quantitative estimate of drug-likeness (QED) is 0.872. The van der Waals surface area contributed by atoms with Crippen molar-refractivity contribution in [3.63, 3.8) is 0 Å². The number of hydrogen-bond acceptors (Lipinski definition) is 5. The number of hydrogen-bond donors (Lipinski definition) is 1. The van der Waals surface area contributed by atoms with Gasteiger partial charge < -0.3 is 15.1 Å². The lowest BCUT2D eigenvalue weighted by atomic mass is 9.96. The van der Waals surface area contributed by atoms with Crippen molar-refractivity contribution >= 4 is 34.9 Å². The number of nitrogens with zero attached hydrogens (tertiary/aromatic N) is 4. The van der Waals surface area contributed by atoms with Crippen molar-refractivity contribution in [2.24, 2.45) is 5.92 Å². The second-order valence-electron chi connectivity index (χ2n) is 6.73. The predicted octanol–water partition coefficient (Wildman–Crippen LogP) is 2.69.